The Kier molecular flexibility index (Phi) is 8.48. The number of nitrogens with zero attached hydrogens (tertiary/aromatic N) is 1. The standard InChI is InChI=1S/C18H22ClN3OS2/c1-13(2)23-12-4-11-21-18(24)22-16-5-3-10-20-17(16)25-15-8-6-14(19)7-9-15/h3,5-10,13H,4,11-12H2,1-2H3,(H2,21,22,24). The van der Waals surface area contributed by atoms with Crippen LogP contribution in [0.4, 0.5) is 5.69 Å². The predicted molar refractivity (Wildman–Crippen MR) is 110 cm³/mol. The van der Waals surface area contributed by atoms with Crippen molar-refractivity contribution in [2.75, 3.05) is 18.5 Å². The van der Waals surface area contributed by atoms with Gasteiger partial charge < -0.3 is 15.4 Å². The number of benzene rings is 1. The van der Waals surface area contributed by atoms with E-state index in [2.05, 4.69) is 15.6 Å². The zero-order valence-corrected chi connectivity index (χ0v) is 16.7. The highest BCUT2D eigenvalue weighted by Crippen LogP contribution is 2.32. The van der Waals surface area contributed by atoms with Crippen LogP contribution in [-0.4, -0.2) is 29.4 Å². The number of aromatic nitrogens is 1. The summed E-state index contributed by atoms with van der Waals surface area (Å²) in [5, 5.41) is 8.56. The normalized spacial score (nSPS) is 10.7. The monoisotopic (exact) mass is 395 g/mol. The van der Waals surface area contributed by atoms with Gasteiger partial charge in [0.15, 0.2) is 5.11 Å². The van der Waals surface area contributed by atoms with Crippen molar-refractivity contribution in [2.24, 2.45) is 0 Å². The number of hydrogen-bond acceptors (Lipinski definition) is 4. The number of ether oxygens (including phenoxy) is 1. The molecule has 1 aromatic carbocycles. The van der Waals surface area contributed by atoms with Crippen molar-refractivity contribution in [3.8, 4) is 0 Å². The van der Waals surface area contributed by atoms with Crippen molar-refractivity contribution < 1.29 is 4.74 Å². The molecule has 0 amide bonds. The Hall–Kier alpha value is -1.34. The van der Waals surface area contributed by atoms with E-state index in [1.807, 2.05) is 50.2 Å². The van der Waals surface area contributed by atoms with Gasteiger partial charge in [-0.1, -0.05) is 23.4 Å². The largest absolute Gasteiger partial charge is 0.379 e. The molecule has 134 valence electrons. The third-order valence-corrected chi connectivity index (χ3v) is 4.63. The SMILES string of the molecule is CC(C)OCCCNC(=S)Nc1cccnc1Sc1ccc(Cl)cc1. The summed E-state index contributed by atoms with van der Waals surface area (Å²) in [7, 11) is 0. The van der Waals surface area contributed by atoms with Gasteiger partial charge >= 0.3 is 0 Å². The van der Waals surface area contributed by atoms with Gasteiger partial charge in [-0.25, -0.2) is 4.98 Å². The summed E-state index contributed by atoms with van der Waals surface area (Å²) in [6.07, 6.45) is 2.93. The maximum absolute atomic E-state index is 5.93. The molecule has 0 aliphatic rings. The molecule has 0 fully saturated rings. The maximum Gasteiger partial charge on any atom is 0.170 e. The molecule has 1 heterocycles. The summed E-state index contributed by atoms with van der Waals surface area (Å²) in [6, 6.07) is 11.5. The van der Waals surface area contributed by atoms with Gasteiger partial charge in [0.05, 0.1) is 11.8 Å². The molecule has 0 radical (unpaired) electrons. The van der Waals surface area contributed by atoms with Crippen LogP contribution >= 0.6 is 35.6 Å². The van der Waals surface area contributed by atoms with Crippen molar-refractivity contribution in [3.63, 3.8) is 0 Å². The highest BCUT2D eigenvalue weighted by Gasteiger charge is 2.07. The number of pyridine rings is 1. The third kappa shape index (κ3) is 7.61. The van der Waals surface area contributed by atoms with Crippen LogP contribution in [0.15, 0.2) is 52.5 Å². The lowest BCUT2D eigenvalue weighted by Gasteiger charge is -2.13. The first-order valence-electron chi connectivity index (χ1n) is 8.09. The van der Waals surface area contributed by atoms with E-state index in [4.69, 9.17) is 28.6 Å². The van der Waals surface area contributed by atoms with E-state index < -0.39 is 0 Å². The number of halogens is 1. The molecule has 0 bridgehead atoms. The summed E-state index contributed by atoms with van der Waals surface area (Å²) in [6.45, 7) is 5.54. The van der Waals surface area contributed by atoms with E-state index in [0.29, 0.717) is 5.11 Å². The van der Waals surface area contributed by atoms with Gasteiger partial charge in [-0.2, -0.15) is 0 Å². The molecule has 7 heteroatoms. The van der Waals surface area contributed by atoms with Gasteiger partial charge in [0, 0.05) is 29.3 Å². The van der Waals surface area contributed by atoms with Crippen molar-refractivity contribution >= 4 is 46.4 Å². The number of rotatable bonds is 8. The van der Waals surface area contributed by atoms with E-state index in [9.17, 15) is 0 Å². The number of thiocarbonyl (C=S) groups is 1. The molecule has 2 rings (SSSR count). The van der Waals surface area contributed by atoms with Gasteiger partial charge in [0.1, 0.15) is 5.03 Å². The Bertz CT molecular complexity index is 680. The van der Waals surface area contributed by atoms with Gasteiger partial charge in [-0.15, -0.1) is 0 Å². The van der Waals surface area contributed by atoms with E-state index in [1.165, 1.54) is 0 Å². The van der Waals surface area contributed by atoms with E-state index >= 15 is 0 Å². The van der Waals surface area contributed by atoms with Crippen LogP contribution in [0.5, 0.6) is 0 Å². The lowest BCUT2D eigenvalue weighted by molar-refractivity contribution is 0.0777. The minimum absolute atomic E-state index is 0.257. The first-order valence-corrected chi connectivity index (χ1v) is 9.70. The van der Waals surface area contributed by atoms with Crippen molar-refractivity contribution in [2.45, 2.75) is 36.3 Å². The first kappa shape index (κ1) is 20.0. The Morgan fingerprint density at radius 3 is 2.76 bits per heavy atom. The zero-order chi connectivity index (χ0) is 18.1. The van der Waals surface area contributed by atoms with Crippen LogP contribution in [0.2, 0.25) is 5.02 Å². The van der Waals surface area contributed by atoms with Gasteiger partial charge in [0.2, 0.25) is 0 Å². The molecular formula is C18H22ClN3OS2. The minimum atomic E-state index is 0.257. The van der Waals surface area contributed by atoms with Crippen LogP contribution < -0.4 is 10.6 Å². The predicted octanol–water partition coefficient (Wildman–Crippen LogP) is 4.99. The van der Waals surface area contributed by atoms with Crippen LogP contribution in [0, 0.1) is 0 Å². The molecule has 1 aromatic heterocycles. The molecule has 0 aliphatic carbocycles. The number of anilines is 1. The second kappa shape index (κ2) is 10.6. The Morgan fingerprint density at radius 2 is 2.04 bits per heavy atom. The fourth-order valence-corrected chi connectivity index (χ4v) is 3.12. The first-order chi connectivity index (χ1) is 12.0. The topological polar surface area (TPSA) is 46.2 Å². The summed E-state index contributed by atoms with van der Waals surface area (Å²) in [5.41, 5.74) is 0.874. The quantitative estimate of drug-likeness (QED) is 0.485. The molecule has 0 saturated heterocycles. The molecule has 0 unspecified atom stereocenters. The average Bonchev–Trinajstić information content (AvgIpc) is 2.58. The Labute approximate surface area is 163 Å². The maximum atomic E-state index is 5.93. The Morgan fingerprint density at radius 1 is 1.28 bits per heavy atom. The molecule has 0 spiro atoms. The highest BCUT2D eigenvalue weighted by atomic mass is 35.5. The second-order valence-corrected chi connectivity index (χ2v) is 7.47. The molecule has 4 nitrogen and oxygen atoms in total. The van der Waals surface area contributed by atoms with Crippen molar-refractivity contribution in [1.82, 2.24) is 10.3 Å². The number of nitrogens with one attached hydrogen (secondary N) is 2. The average molecular weight is 396 g/mol. The molecule has 0 aliphatic heterocycles. The van der Waals surface area contributed by atoms with Crippen LogP contribution in [0.3, 0.4) is 0 Å². The lowest BCUT2D eigenvalue weighted by Crippen LogP contribution is -2.30. The van der Waals surface area contributed by atoms with Crippen LogP contribution in [0.1, 0.15) is 20.3 Å². The summed E-state index contributed by atoms with van der Waals surface area (Å²) >= 11 is 12.9. The summed E-state index contributed by atoms with van der Waals surface area (Å²) < 4.78 is 5.51. The third-order valence-electron chi connectivity index (χ3n) is 3.11. The van der Waals surface area contributed by atoms with Crippen molar-refractivity contribution in [3.05, 3.63) is 47.6 Å². The smallest absolute Gasteiger partial charge is 0.170 e. The molecule has 0 atom stereocenters. The summed E-state index contributed by atoms with van der Waals surface area (Å²) in [5.74, 6) is 0. The Balaban J connectivity index is 1.87. The molecule has 2 N–H and O–H groups in total. The fourth-order valence-electron chi connectivity index (χ4n) is 1.94. The molecule has 25 heavy (non-hydrogen) atoms. The fraction of sp³-hybridized carbons (Fsp3) is 0.333. The number of hydrogen-bond donors (Lipinski definition) is 2. The van der Waals surface area contributed by atoms with E-state index in [-0.39, 0.29) is 6.10 Å². The van der Waals surface area contributed by atoms with E-state index in [1.54, 1.807) is 18.0 Å². The van der Waals surface area contributed by atoms with Crippen molar-refractivity contribution in [1.29, 1.82) is 0 Å². The molecule has 2 aromatic rings. The van der Waals surface area contributed by atoms with Gasteiger partial charge in [-0.05, 0) is 68.9 Å². The van der Waals surface area contributed by atoms with Gasteiger partial charge in [-0.3, -0.25) is 0 Å². The van der Waals surface area contributed by atoms with E-state index in [0.717, 1.165) is 40.2 Å². The highest BCUT2D eigenvalue weighted by molar-refractivity contribution is 7.99. The molecule has 0 saturated carbocycles. The molecular weight excluding hydrogens is 374 g/mol. The second-order valence-electron chi connectivity index (χ2n) is 5.57. The van der Waals surface area contributed by atoms with Crippen LogP contribution in [0.25, 0.3) is 0 Å². The zero-order valence-electron chi connectivity index (χ0n) is 14.3. The van der Waals surface area contributed by atoms with Crippen LogP contribution in [-0.2, 0) is 4.74 Å². The minimum Gasteiger partial charge on any atom is -0.379 e. The lowest BCUT2D eigenvalue weighted by atomic mass is 10.4. The summed E-state index contributed by atoms with van der Waals surface area (Å²) in [4.78, 5) is 5.50. The van der Waals surface area contributed by atoms with Gasteiger partial charge in [0.25, 0.3) is 0 Å².